The van der Waals surface area contributed by atoms with Gasteiger partial charge in [-0.2, -0.15) is 0 Å². The number of carboxylic acids is 1. The highest BCUT2D eigenvalue weighted by molar-refractivity contribution is 6.12. The van der Waals surface area contributed by atoms with Gasteiger partial charge in [0.05, 0.1) is 6.61 Å². The summed E-state index contributed by atoms with van der Waals surface area (Å²) in [5.41, 5.74) is 3.67. The molecule has 0 heterocycles. The van der Waals surface area contributed by atoms with Gasteiger partial charge < -0.3 is 20.1 Å². The summed E-state index contributed by atoms with van der Waals surface area (Å²) in [7, 11) is 0. The van der Waals surface area contributed by atoms with Gasteiger partial charge in [0.1, 0.15) is 11.8 Å². The largest absolute Gasteiger partial charge is 0.494 e. The molecule has 0 saturated carbocycles. The van der Waals surface area contributed by atoms with Crippen molar-refractivity contribution in [3.63, 3.8) is 0 Å². The van der Waals surface area contributed by atoms with Crippen LogP contribution in [0.1, 0.15) is 54.2 Å². The Balaban J connectivity index is 1.36. The summed E-state index contributed by atoms with van der Waals surface area (Å²) in [5.74, 6) is -0.471. The van der Waals surface area contributed by atoms with Gasteiger partial charge >= 0.3 is 5.97 Å². The number of ether oxygens (including phenoxy) is 1. The standard InChI is InChI=1S/C37H40N2O5/c1-26-13-8-11-18-33(26)39(36(43)37(2,3)4)23-12-24-44-29-21-19-27(20-22-29)25-32(35(41)42)38-31-17-10-9-16-30(31)34(40)28-14-6-5-7-15-28/h5-11,13-22,32,38H,12,23-25H2,1-4H3,(H,41,42)/t32-/m0/s1. The molecule has 0 radical (unpaired) electrons. The number of rotatable bonds is 13. The molecule has 1 atom stereocenters. The number of aliphatic carboxylic acids is 1. The zero-order valence-corrected chi connectivity index (χ0v) is 25.7. The normalized spacial score (nSPS) is 11.8. The highest BCUT2D eigenvalue weighted by atomic mass is 16.5. The van der Waals surface area contributed by atoms with Gasteiger partial charge in [-0.05, 0) is 54.8 Å². The third-order valence-corrected chi connectivity index (χ3v) is 7.29. The Labute approximate surface area is 259 Å². The second-order valence-corrected chi connectivity index (χ2v) is 11.8. The monoisotopic (exact) mass is 592 g/mol. The van der Waals surface area contributed by atoms with Gasteiger partial charge in [-0.25, -0.2) is 4.79 Å². The number of nitrogens with zero attached hydrogens (tertiary/aromatic N) is 1. The van der Waals surface area contributed by atoms with E-state index in [2.05, 4.69) is 5.32 Å². The van der Waals surface area contributed by atoms with E-state index < -0.39 is 17.4 Å². The summed E-state index contributed by atoms with van der Waals surface area (Å²) in [6.07, 6.45) is 0.855. The number of anilines is 2. The van der Waals surface area contributed by atoms with Crippen LogP contribution in [0.25, 0.3) is 0 Å². The van der Waals surface area contributed by atoms with Crippen molar-refractivity contribution in [1.82, 2.24) is 0 Å². The van der Waals surface area contributed by atoms with E-state index in [0.29, 0.717) is 42.1 Å². The second-order valence-electron chi connectivity index (χ2n) is 11.8. The number of ketones is 1. The van der Waals surface area contributed by atoms with Crippen LogP contribution in [0.15, 0.2) is 103 Å². The van der Waals surface area contributed by atoms with Crippen LogP contribution in [0, 0.1) is 12.3 Å². The Morgan fingerprint density at radius 2 is 1.48 bits per heavy atom. The summed E-state index contributed by atoms with van der Waals surface area (Å²) >= 11 is 0. The van der Waals surface area contributed by atoms with Crippen molar-refractivity contribution < 1.29 is 24.2 Å². The van der Waals surface area contributed by atoms with Gasteiger partial charge in [0.15, 0.2) is 5.78 Å². The molecule has 0 aliphatic heterocycles. The summed E-state index contributed by atoms with van der Waals surface area (Å²) in [5, 5.41) is 13.0. The van der Waals surface area contributed by atoms with Crippen molar-refractivity contribution in [2.75, 3.05) is 23.4 Å². The summed E-state index contributed by atoms with van der Waals surface area (Å²) < 4.78 is 5.97. The third-order valence-electron chi connectivity index (χ3n) is 7.29. The topological polar surface area (TPSA) is 95.9 Å². The number of carbonyl (C=O) groups is 3. The van der Waals surface area contributed by atoms with E-state index in [0.717, 1.165) is 16.8 Å². The first-order chi connectivity index (χ1) is 21.0. The molecule has 0 saturated heterocycles. The predicted octanol–water partition coefficient (Wildman–Crippen LogP) is 7.18. The van der Waals surface area contributed by atoms with Crippen LogP contribution in [-0.2, 0) is 16.0 Å². The lowest BCUT2D eigenvalue weighted by molar-refractivity contribution is -0.137. The number of aryl methyl sites for hydroxylation is 1. The highest BCUT2D eigenvalue weighted by Gasteiger charge is 2.28. The van der Waals surface area contributed by atoms with Gasteiger partial charge in [0, 0.05) is 40.9 Å². The Kier molecular flexibility index (Phi) is 10.6. The number of carboxylic acid groups (broad SMARTS) is 1. The average molecular weight is 593 g/mol. The van der Waals surface area contributed by atoms with Crippen molar-refractivity contribution >= 4 is 29.0 Å². The van der Waals surface area contributed by atoms with E-state index >= 15 is 0 Å². The Bertz CT molecular complexity index is 1580. The minimum Gasteiger partial charge on any atom is -0.494 e. The average Bonchev–Trinajstić information content (AvgIpc) is 3.01. The number of benzene rings is 4. The molecule has 0 aliphatic carbocycles. The van der Waals surface area contributed by atoms with Crippen LogP contribution >= 0.6 is 0 Å². The molecular formula is C37H40N2O5. The van der Waals surface area contributed by atoms with Gasteiger partial charge in [-0.15, -0.1) is 0 Å². The van der Waals surface area contributed by atoms with Crippen molar-refractivity contribution in [3.05, 3.63) is 125 Å². The first kappa shape index (κ1) is 32.0. The van der Waals surface area contributed by atoms with Crippen LogP contribution in [0.3, 0.4) is 0 Å². The second kappa shape index (κ2) is 14.5. The van der Waals surface area contributed by atoms with Gasteiger partial charge in [0.2, 0.25) is 5.91 Å². The maximum atomic E-state index is 13.2. The lowest BCUT2D eigenvalue weighted by Gasteiger charge is -2.30. The highest BCUT2D eigenvalue weighted by Crippen LogP contribution is 2.27. The summed E-state index contributed by atoms with van der Waals surface area (Å²) in [6, 6.07) is 30.1. The molecule has 4 rings (SSSR count). The Hall–Kier alpha value is -4.91. The quantitative estimate of drug-likeness (QED) is 0.126. The van der Waals surface area contributed by atoms with Crippen LogP contribution < -0.4 is 15.0 Å². The summed E-state index contributed by atoms with van der Waals surface area (Å²) in [6.45, 7) is 8.72. The molecule has 228 valence electrons. The lowest BCUT2D eigenvalue weighted by atomic mass is 9.94. The third kappa shape index (κ3) is 8.34. The number of hydrogen-bond acceptors (Lipinski definition) is 5. The van der Waals surface area contributed by atoms with Gasteiger partial charge in [0.25, 0.3) is 0 Å². The molecule has 0 unspecified atom stereocenters. The van der Waals surface area contributed by atoms with Crippen LogP contribution in [0.4, 0.5) is 11.4 Å². The van der Waals surface area contributed by atoms with Gasteiger partial charge in [-0.1, -0.05) is 93.6 Å². The first-order valence-electron chi connectivity index (χ1n) is 14.8. The molecule has 44 heavy (non-hydrogen) atoms. The number of para-hydroxylation sites is 2. The zero-order valence-electron chi connectivity index (χ0n) is 25.7. The first-order valence-corrected chi connectivity index (χ1v) is 14.8. The number of hydrogen-bond donors (Lipinski definition) is 2. The molecule has 7 heteroatoms. The Morgan fingerprint density at radius 1 is 0.841 bits per heavy atom. The molecule has 1 amide bonds. The maximum absolute atomic E-state index is 13.2. The molecule has 0 aromatic heterocycles. The lowest BCUT2D eigenvalue weighted by Crippen LogP contribution is -2.41. The number of amides is 1. The predicted molar refractivity (Wildman–Crippen MR) is 175 cm³/mol. The summed E-state index contributed by atoms with van der Waals surface area (Å²) in [4.78, 5) is 40.3. The minimum absolute atomic E-state index is 0.0600. The molecule has 0 spiro atoms. The van der Waals surface area contributed by atoms with E-state index in [1.165, 1.54) is 0 Å². The molecular weight excluding hydrogens is 552 g/mol. The van der Waals surface area contributed by atoms with Crippen molar-refractivity contribution in [2.45, 2.75) is 46.6 Å². The minimum atomic E-state index is -1.02. The van der Waals surface area contributed by atoms with Crippen molar-refractivity contribution in [1.29, 1.82) is 0 Å². The van der Waals surface area contributed by atoms with Crippen LogP contribution in [0.2, 0.25) is 0 Å². The van der Waals surface area contributed by atoms with E-state index in [9.17, 15) is 19.5 Å². The van der Waals surface area contributed by atoms with E-state index in [1.54, 1.807) is 48.5 Å². The molecule has 7 nitrogen and oxygen atoms in total. The van der Waals surface area contributed by atoms with Crippen LogP contribution in [0.5, 0.6) is 5.75 Å². The van der Waals surface area contributed by atoms with Crippen LogP contribution in [-0.4, -0.2) is 42.0 Å². The molecule has 4 aromatic rings. The van der Waals surface area contributed by atoms with E-state index in [4.69, 9.17) is 4.74 Å². The zero-order chi connectivity index (χ0) is 31.7. The molecule has 4 aromatic carbocycles. The number of carbonyl (C=O) groups excluding carboxylic acids is 2. The SMILES string of the molecule is Cc1ccccc1N(CCCOc1ccc(C[C@H](Nc2ccccc2C(=O)c2ccccc2)C(=O)O)cc1)C(=O)C(C)(C)C. The molecule has 0 aliphatic rings. The molecule has 0 fully saturated rings. The van der Waals surface area contributed by atoms with E-state index in [1.807, 2.05) is 87.2 Å². The fourth-order valence-corrected chi connectivity index (χ4v) is 4.91. The fourth-order valence-electron chi connectivity index (χ4n) is 4.91. The molecule has 2 N–H and O–H groups in total. The van der Waals surface area contributed by atoms with Crippen molar-refractivity contribution in [3.8, 4) is 5.75 Å². The Morgan fingerprint density at radius 3 is 2.14 bits per heavy atom. The maximum Gasteiger partial charge on any atom is 0.326 e. The smallest absolute Gasteiger partial charge is 0.326 e. The fraction of sp³-hybridized carbons (Fsp3) is 0.270. The molecule has 0 bridgehead atoms. The number of nitrogens with one attached hydrogen (secondary N) is 1. The van der Waals surface area contributed by atoms with Gasteiger partial charge in [-0.3, -0.25) is 9.59 Å². The van der Waals surface area contributed by atoms with E-state index in [-0.39, 0.29) is 18.1 Å². The van der Waals surface area contributed by atoms with Crippen molar-refractivity contribution in [2.24, 2.45) is 5.41 Å².